The van der Waals surface area contributed by atoms with Gasteiger partial charge in [0.1, 0.15) is 6.04 Å². The van der Waals surface area contributed by atoms with Crippen LogP contribution in [0.15, 0.2) is 0 Å². The van der Waals surface area contributed by atoms with Crippen molar-refractivity contribution < 1.29 is 9.59 Å². The summed E-state index contributed by atoms with van der Waals surface area (Å²) in [5.41, 5.74) is 0. The average Bonchev–Trinajstić information content (AvgIpc) is 2.64. The van der Waals surface area contributed by atoms with Crippen LogP contribution in [-0.4, -0.2) is 60.9 Å². The van der Waals surface area contributed by atoms with Crippen LogP contribution in [0.1, 0.15) is 38.5 Å². The lowest BCUT2D eigenvalue weighted by atomic mass is 10.1. The summed E-state index contributed by atoms with van der Waals surface area (Å²) in [5, 5.41) is 2.87. The summed E-state index contributed by atoms with van der Waals surface area (Å²) in [5.74, 6) is 0.0373. The summed E-state index contributed by atoms with van der Waals surface area (Å²) in [7, 11) is 1.78. The minimum Gasteiger partial charge on any atom is -0.344 e. The van der Waals surface area contributed by atoms with E-state index in [0.29, 0.717) is 6.54 Å². The first kappa shape index (κ1) is 14.3. The fourth-order valence-electron chi connectivity index (χ4n) is 2.87. The molecule has 5 nitrogen and oxygen atoms in total. The van der Waals surface area contributed by atoms with E-state index in [-0.39, 0.29) is 17.9 Å². The zero-order chi connectivity index (χ0) is 13.7. The van der Waals surface area contributed by atoms with Gasteiger partial charge in [0.15, 0.2) is 0 Å². The maximum atomic E-state index is 12.0. The fraction of sp³-hybridized carbons (Fsp3) is 0.857. The minimum atomic E-state index is -0.299. The van der Waals surface area contributed by atoms with Crippen LogP contribution in [0.25, 0.3) is 0 Å². The lowest BCUT2D eigenvalue weighted by Crippen LogP contribution is -2.45. The van der Waals surface area contributed by atoms with Crippen LogP contribution in [0.3, 0.4) is 0 Å². The van der Waals surface area contributed by atoms with Crippen molar-refractivity contribution in [3.05, 3.63) is 0 Å². The molecule has 0 saturated carbocycles. The van der Waals surface area contributed by atoms with Crippen LogP contribution < -0.4 is 5.32 Å². The number of likely N-dealkylation sites (N-methyl/N-ethyl adjacent to an activating group) is 1. The van der Waals surface area contributed by atoms with Gasteiger partial charge in [-0.15, -0.1) is 0 Å². The Labute approximate surface area is 115 Å². The van der Waals surface area contributed by atoms with Crippen molar-refractivity contribution in [2.45, 2.75) is 44.6 Å². The van der Waals surface area contributed by atoms with Crippen molar-refractivity contribution in [3.8, 4) is 0 Å². The van der Waals surface area contributed by atoms with Gasteiger partial charge in [0, 0.05) is 13.6 Å². The average molecular weight is 267 g/mol. The van der Waals surface area contributed by atoms with E-state index in [4.69, 9.17) is 0 Å². The predicted molar refractivity (Wildman–Crippen MR) is 73.7 cm³/mol. The molecular weight excluding hydrogens is 242 g/mol. The fourth-order valence-corrected chi connectivity index (χ4v) is 2.87. The standard InChI is InChI=1S/C14H25N3O2/c1-16-10-7-12(14(16)19)15-13(18)11-17-8-5-3-2-4-6-9-17/h12H,2-11H2,1H3,(H,15,18)/t12-/m1/s1. The van der Waals surface area contributed by atoms with E-state index in [1.54, 1.807) is 11.9 Å². The van der Waals surface area contributed by atoms with E-state index in [9.17, 15) is 9.59 Å². The Kier molecular flexibility index (Phi) is 5.19. The Morgan fingerprint density at radius 3 is 2.37 bits per heavy atom. The molecule has 0 bridgehead atoms. The molecule has 0 unspecified atom stereocenters. The zero-order valence-corrected chi connectivity index (χ0v) is 11.9. The van der Waals surface area contributed by atoms with Crippen LogP contribution in [0.5, 0.6) is 0 Å². The Morgan fingerprint density at radius 2 is 1.79 bits per heavy atom. The Hall–Kier alpha value is -1.10. The lowest BCUT2D eigenvalue weighted by molar-refractivity contribution is -0.132. The molecule has 0 aromatic carbocycles. The predicted octanol–water partition coefficient (Wildman–Crippen LogP) is 0.599. The van der Waals surface area contributed by atoms with E-state index in [2.05, 4.69) is 10.2 Å². The quantitative estimate of drug-likeness (QED) is 0.814. The van der Waals surface area contributed by atoms with Crippen molar-refractivity contribution in [1.29, 1.82) is 0 Å². The first-order valence-electron chi connectivity index (χ1n) is 7.43. The zero-order valence-electron chi connectivity index (χ0n) is 11.9. The molecule has 2 saturated heterocycles. The highest BCUT2D eigenvalue weighted by molar-refractivity contribution is 5.89. The first-order valence-corrected chi connectivity index (χ1v) is 7.43. The van der Waals surface area contributed by atoms with Gasteiger partial charge in [0.25, 0.3) is 0 Å². The molecule has 2 aliphatic rings. The molecule has 2 amide bonds. The number of likely N-dealkylation sites (tertiary alicyclic amines) is 2. The second-order valence-corrected chi connectivity index (χ2v) is 5.71. The van der Waals surface area contributed by atoms with E-state index in [1.165, 1.54) is 32.1 Å². The summed E-state index contributed by atoms with van der Waals surface area (Å²) in [6, 6.07) is -0.299. The smallest absolute Gasteiger partial charge is 0.244 e. The van der Waals surface area contributed by atoms with Crippen molar-refractivity contribution in [2.75, 3.05) is 33.2 Å². The third-order valence-electron chi connectivity index (χ3n) is 4.08. The number of amides is 2. The Morgan fingerprint density at radius 1 is 1.16 bits per heavy atom. The van der Waals surface area contributed by atoms with Crippen LogP contribution in [0.4, 0.5) is 0 Å². The number of hydrogen-bond donors (Lipinski definition) is 1. The van der Waals surface area contributed by atoms with Crippen LogP contribution >= 0.6 is 0 Å². The van der Waals surface area contributed by atoms with Crippen molar-refractivity contribution in [3.63, 3.8) is 0 Å². The van der Waals surface area contributed by atoms with Gasteiger partial charge in [-0.1, -0.05) is 19.3 Å². The third-order valence-corrected chi connectivity index (χ3v) is 4.08. The SMILES string of the molecule is CN1CC[C@@H](NC(=O)CN2CCCCCCC2)C1=O. The molecule has 0 aromatic heterocycles. The number of rotatable bonds is 3. The van der Waals surface area contributed by atoms with Gasteiger partial charge in [0.05, 0.1) is 6.54 Å². The topological polar surface area (TPSA) is 52.7 Å². The molecule has 2 rings (SSSR count). The molecule has 1 N–H and O–H groups in total. The maximum Gasteiger partial charge on any atom is 0.244 e. The monoisotopic (exact) mass is 267 g/mol. The molecule has 2 fully saturated rings. The van der Waals surface area contributed by atoms with Crippen molar-refractivity contribution in [1.82, 2.24) is 15.1 Å². The van der Waals surface area contributed by atoms with Gasteiger partial charge in [-0.3, -0.25) is 14.5 Å². The van der Waals surface area contributed by atoms with E-state index in [0.717, 1.165) is 26.1 Å². The molecule has 19 heavy (non-hydrogen) atoms. The third kappa shape index (κ3) is 4.20. The molecule has 2 heterocycles. The Bertz CT molecular complexity index is 325. The van der Waals surface area contributed by atoms with E-state index < -0.39 is 0 Å². The molecule has 108 valence electrons. The number of carbonyl (C=O) groups excluding carboxylic acids is 2. The highest BCUT2D eigenvalue weighted by Gasteiger charge is 2.30. The summed E-state index contributed by atoms with van der Waals surface area (Å²) in [4.78, 5) is 27.6. The number of hydrogen-bond acceptors (Lipinski definition) is 3. The normalized spacial score (nSPS) is 26.1. The second-order valence-electron chi connectivity index (χ2n) is 5.71. The van der Waals surface area contributed by atoms with Crippen molar-refractivity contribution >= 4 is 11.8 Å². The van der Waals surface area contributed by atoms with Crippen LogP contribution in [0, 0.1) is 0 Å². The lowest BCUT2D eigenvalue weighted by Gasteiger charge is -2.24. The summed E-state index contributed by atoms with van der Waals surface area (Å²) in [6.45, 7) is 3.19. The van der Waals surface area contributed by atoms with Crippen LogP contribution in [0.2, 0.25) is 0 Å². The van der Waals surface area contributed by atoms with Crippen LogP contribution in [-0.2, 0) is 9.59 Å². The highest BCUT2D eigenvalue weighted by Crippen LogP contribution is 2.11. The number of carbonyl (C=O) groups is 2. The minimum absolute atomic E-state index is 0.00535. The van der Waals surface area contributed by atoms with Gasteiger partial charge < -0.3 is 10.2 Å². The highest BCUT2D eigenvalue weighted by atomic mass is 16.2. The van der Waals surface area contributed by atoms with Gasteiger partial charge in [-0.05, 0) is 32.4 Å². The molecule has 0 aromatic rings. The molecule has 0 radical (unpaired) electrons. The largest absolute Gasteiger partial charge is 0.344 e. The van der Waals surface area contributed by atoms with E-state index >= 15 is 0 Å². The van der Waals surface area contributed by atoms with Crippen molar-refractivity contribution in [2.24, 2.45) is 0 Å². The molecule has 2 aliphatic heterocycles. The number of nitrogens with one attached hydrogen (secondary N) is 1. The first-order chi connectivity index (χ1) is 9.16. The molecule has 1 atom stereocenters. The molecule has 0 spiro atoms. The summed E-state index contributed by atoms with van der Waals surface area (Å²) < 4.78 is 0. The van der Waals surface area contributed by atoms with Gasteiger partial charge in [0.2, 0.25) is 11.8 Å². The van der Waals surface area contributed by atoms with Gasteiger partial charge in [-0.25, -0.2) is 0 Å². The number of nitrogens with zero attached hydrogens (tertiary/aromatic N) is 2. The molecular formula is C14H25N3O2. The summed E-state index contributed by atoms with van der Waals surface area (Å²) >= 11 is 0. The molecule has 5 heteroatoms. The Balaban J connectivity index is 1.75. The van der Waals surface area contributed by atoms with Gasteiger partial charge in [-0.2, -0.15) is 0 Å². The molecule has 0 aliphatic carbocycles. The summed E-state index contributed by atoms with van der Waals surface area (Å²) in [6.07, 6.45) is 6.95. The van der Waals surface area contributed by atoms with E-state index in [1.807, 2.05) is 0 Å². The second kappa shape index (κ2) is 6.89. The van der Waals surface area contributed by atoms with Gasteiger partial charge >= 0.3 is 0 Å². The maximum absolute atomic E-state index is 12.0.